The summed E-state index contributed by atoms with van der Waals surface area (Å²) in [5, 5.41) is 9.69. The highest BCUT2D eigenvalue weighted by molar-refractivity contribution is 8.01. The molecule has 0 saturated heterocycles. The van der Waals surface area contributed by atoms with Crippen molar-refractivity contribution in [1.82, 2.24) is 20.3 Å². The number of carbonyl (C=O) groups excluding carboxylic acids is 1. The predicted octanol–water partition coefficient (Wildman–Crippen LogP) is 7.79. The highest BCUT2D eigenvalue weighted by Crippen LogP contribution is 2.37. The van der Waals surface area contributed by atoms with E-state index in [1.54, 1.807) is 29.8 Å². The van der Waals surface area contributed by atoms with Gasteiger partial charge in [-0.3, -0.25) is 4.79 Å². The average molecular weight is 552 g/mol. The van der Waals surface area contributed by atoms with Gasteiger partial charge in [0.1, 0.15) is 5.82 Å². The van der Waals surface area contributed by atoms with Gasteiger partial charge in [-0.25, -0.2) is 19.3 Å². The smallest absolute Gasteiger partial charge is 0.272 e. The zero-order valence-electron chi connectivity index (χ0n) is 20.2. The molecule has 0 saturated carbocycles. The Bertz CT molecular complexity index is 1400. The second-order valence-electron chi connectivity index (χ2n) is 7.79. The van der Waals surface area contributed by atoms with Crippen molar-refractivity contribution in [3.63, 3.8) is 0 Å². The zero-order chi connectivity index (χ0) is 25.9. The summed E-state index contributed by atoms with van der Waals surface area (Å²) in [6.07, 6.45) is 7.82. The molecule has 0 aliphatic heterocycles. The lowest BCUT2D eigenvalue weighted by molar-refractivity contribution is 0.0943. The Hall–Kier alpha value is -3.34. The molecule has 0 atom stereocenters. The minimum atomic E-state index is -0.617. The van der Waals surface area contributed by atoms with Gasteiger partial charge in [0.2, 0.25) is 0 Å². The Morgan fingerprint density at radius 3 is 2.51 bits per heavy atom. The summed E-state index contributed by atoms with van der Waals surface area (Å²) in [6.45, 7) is 2.60. The molecule has 10 heteroatoms. The molecule has 190 valence electrons. The molecule has 6 nitrogen and oxygen atoms in total. The Morgan fingerprint density at radius 2 is 1.76 bits per heavy atom. The first-order chi connectivity index (χ1) is 18.2. The third-order valence-corrected chi connectivity index (χ3v) is 8.03. The minimum Gasteiger partial charge on any atom is -0.351 e. The second kappa shape index (κ2) is 13.8. The first-order valence-electron chi connectivity index (χ1n) is 11.8. The first-order valence-corrected chi connectivity index (χ1v) is 14.3. The third-order valence-electron chi connectivity index (χ3n) is 5.10. The number of hydrogen-bond acceptors (Lipinski definition) is 8. The number of pyridine rings is 2. The van der Waals surface area contributed by atoms with Crippen molar-refractivity contribution in [2.75, 3.05) is 11.9 Å². The largest absolute Gasteiger partial charge is 0.351 e. The molecule has 2 N–H and O–H groups in total. The van der Waals surface area contributed by atoms with Crippen LogP contribution in [-0.4, -0.2) is 27.4 Å². The number of hydrogen-bond donors (Lipinski definition) is 2. The molecule has 0 unspecified atom stereocenters. The van der Waals surface area contributed by atoms with E-state index in [-0.39, 0.29) is 5.69 Å². The van der Waals surface area contributed by atoms with Crippen LogP contribution in [0.2, 0.25) is 0 Å². The molecule has 5 rings (SSSR count). The Kier molecular flexibility index (Phi) is 9.98. The average Bonchev–Trinajstić information content (AvgIpc) is 3.59. The van der Waals surface area contributed by atoms with Crippen LogP contribution in [0.25, 0.3) is 10.1 Å². The number of anilines is 2. The molecule has 0 radical (unpaired) electrons. The van der Waals surface area contributed by atoms with Crippen LogP contribution in [0, 0.1) is 5.82 Å². The molecule has 0 aliphatic rings. The van der Waals surface area contributed by atoms with Crippen LogP contribution >= 0.6 is 34.4 Å². The number of rotatable bonds is 9. The fraction of sp³-hybridized carbons (Fsp3) is 0.185. The van der Waals surface area contributed by atoms with E-state index in [2.05, 4.69) is 32.5 Å². The zero-order valence-corrected chi connectivity index (χ0v) is 22.6. The van der Waals surface area contributed by atoms with Crippen LogP contribution in [0.4, 0.5) is 15.3 Å². The number of fused-ring (bicyclic) bond motifs is 1. The lowest BCUT2D eigenvalue weighted by Crippen LogP contribution is -2.26. The van der Waals surface area contributed by atoms with Gasteiger partial charge in [-0.15, -0.1) is 11.3 Å². The second-order valence-corrected chi connectivity index (χ2v) is 11.1. The van der Waals surface area contributed by atoms with Gasteiger partial charge >= 0.3 is 0 Å². The lowest BCUT2D eigenvalue weighted by Gasteiger charge is -2.07. The van der Waals surface area contributed by atoms with Gasteiger partial charge in [-0.1, -0.05) is 79.3 Å². The molecule has 0 spiro atoms. The summed E-state index contributed by atoms with van der Waals surface area (Å²) in [6, 6.07) is 17.5. The van der Waals surface area contributed by atoms with E-state index in [1.165, 1.54) is 29.3 Å². The number of amides is 1. The van der Waals surface area contributed by atoms with E-state index in [1.807, 2.05) is 53.9 Å². The van der Waals surface area contributed by atoms with E-state index >= 15 is 0 Å². The molecule has 1 amide bonds. The summed E-state index contributed by atoms with van der Waals surface area (Å²) >= 11 is 4.26. The van der Waals surface area contributed by atoms with Crippen molar-refractivity contribution < 1.29 is 9.18 Å². The lowest BCUT2D eigenvalue weighted by atomic mass is 10.2. The van der Waals surface area contributed by atoms with Crippen LogP contribution in [0.5, 0.6) is 0 Å². The number of unbranched alkanes of at least 4 members (excludes halogenated alkanes) is 2. The number of nitrogens with one attached hydrogen (secondary N) is 2. The van der Waals surface area contributed by atoms with Crippen LogP contribution in [0.15, 0.2) is 87.7 Å². The summed E-state index contributed by atoms with van der Waals surface area (Å²) in [5.41, 5.74) is -0.183. The molecular weight excluding hydrogens is 526 g/mol. The number of nitrogens with zero attached hydrogens (tertiary/aromatic N) is 3. The molecule has 1 aromatic carbocycles. The first kappa shape index (κ1) is 26.7. The van der Waals surface area contributed by atoms with Crippen LogP contribution in [-0.2, 0) is 0 Å². The van der Waals surface area contributed by atoms with E-state index in [0.717, 1.165) is 39.4 Å². The highest BCUT2D eigenvalue weighted by atomic mass is 32.2. The van der Waals surface area contributed by atoms with Gasteiger partial charge in [0.15, 0.2) is 16.6 Å². The van der Waals surface area contributed by atoms with E-state index in [0.29, 0.717) is 16.6 Å². The predicted molar refractivity (Wildman–Crippen MR) is 152 cm³/mol. The number of thiazole rings is 1. The van der Waals surface area contributed by atoms with E-state index < -0.39 is 11.7 Å². The van der Waals surface area contributed by atoms with Gasteiger partial charge in [-0.05, 0) is 30.0 Å². The van der Waals surface area contributed by atoms with Crippen molar-refractivity contribution in [1.29, 1.82) is 0 Å². The van der Waals surface area contributed by atoms with Crippen LogP contribution < -0.4 is 10.6 Å². The Labute approximate surface area is 227 Å². The van der Waals surface area contributed by atoms with Crippen molar-refractivity contribution in [3.8, 4) is 0 Å². The van der Waals surface area contributed by atoms with E-state index in [9.17, 15) is 9.18 Å². The topological polar surface area (TPSA) is 79.8 Å². The van der Waals surface area contributed by atoms with Crippen molar-refractivity contribution in [2.24, 2.45) is 0 Å². The summed E-state index contributed by atoms with van der Waals surface area (Å²) in [7, 11) is 0. The SMILES string of the molecule is CCCCCNC(=O)c1nccc(Sc2cnc(Nc3nccc4sccc34)s2)c1F.c1ccccc1. The molecule has 0 bridgehead atoms. The molecule has 0 aliphatic carbocycles. The molecule has 5 aromatic rings. The number of benzene rings is 1. The number of thiophene rings is 1. The van der Waals surface area contributed by atoms with Gasteiger partial charge in [-0.2, -0.15) is 0 Å². The molecule has 0 fully saturated rings. The van der Waals surface area contributed by atoms with E-state index in [4.69, 9.17) is 0 Å². The quantitative estimate of drug-likeness (QED) is 0.182. The van der Waals surface area contributed by atoms with Crippen LogP contribution in [0.1, 0.15) is 36.7 Å². The van der Waals surface area contributed by atoms with Gasteiger partial charge < -0.3 is 10.6 Å². The number of halogens is 1. The van der Waals surface area contributed by atoms with Crippen molar-refractivity contribution in [3.05, 3.63) is 90.1 Å². The minimum absolute atomic E-state index is 0.183. The number of aromatic nitrogens is 3. The van der Waals surface area contributed by atoms with Crippen molar-refractivity contribution in [2.45, 2.75) is 35.3 Å². The molecule has 4 heterocycles. The molecular formula is C27H26FN5OS3. The summed E-state index contributed by atoms with van der Waals surface area (Å²) < 4.78 is 16.8. The normalized spacial score (nSPS) is 10.5. The standard InChI is InChI=1S/C21H20FN5OS3.C6H6/c1-2-3-4-8-25-20(28)18-17(22)15(6-9-23-18)30-16-12-26-21(31-16)27-19-13-7-11-29-14(13)5-10-24-19;1-2-4-6-5-3-1/h5-7,9-12H,2-4,8H2,1H3,(H,25,28)(H,24,26,27);1-6H. The Balaban J connectivity index is 0.000000469. The number of carbonyl (C=O) groups is 1. The monoisotopic (exact) mass is 551 g/mol. The highest BCUT2D eigenvalue weighted by Gasteiger charge is 2.18. The summed E-state index contributed by atoms with van der Waals surface area (Å²) in [5.74, 6) is -0.368. The molecule has 4 aromatic heterocycles. The summed E-state index contributed by atoms with van der Waals surface area (Å²) in [4.78, 5) is 25.3. The fourth-order valence-corrected chi connectivity index (χ4v) is 5.92. The van der Waals surface area contributed by atoms with Crippen molar-refractivity contribution >= 4 is 61.4 Å². The Morgan fingerprint density at radius 1 is 1.00 bits per heavy atom. The van der Waals surface area contributed by atoms with Gasteiger partial charge in [0, 0.05) is 29.0 Å². The molecule has 37 heavy (non-hydrogen) atoms. The maximum absolute atomic E-state index is 14.9. The maximum Gasteiger partial charge on any atom is 0.272 e. The van der Waals surface area contributed by atoms with Crippen LogP contribution in [0.3, 0.4) is 0 Å². The van der Waals surface area contributed by atoms with Gasteiger partial charge in [0.05, 0.1) is 15.3 Å². The fourth-order valence-electron chi connectivity index (χ4n) is 3.28. The maximum atomic E-state index is 14.9. The third kappa shape index (κ3) is 7.58. The van der Waals surface area contributed by atoms with Gasteiger partial charge in [0.25, 0.3) is 5.91 Å².